The van der Waals surface area contributed by atoms with Crippen molar-refractivity contribution >= 4 is 34.9 Å². The summed E-state index contributed by atoms with van der Waals surface area (Å²) in [5.74, 6) is 0.643. The minimum Gasteiger partial charge on any atom is -0.493 e. The van der Waals surface area contributed by atoms with Crippen LogP contribution in [0.15, 0.2) is 41.3 Å². The van der Waals surface area contributed by atoms with Crippen molar-refractivity contribution < 1.29 is 28.6 Å². The summed E-state index contributed by atoms with van der Waals surface area (Å²) in [5.41, 5.74) is 2.12. The SMILES string of the molecule is COc1cc(C=C2SC(=O)N(CCNC(=O)c3cccc(C)c3)C2=O)cc(OC)c1OC. The van der Waals surface area contributed by atoms with Crippen LogP contribution in [0.1, 0.15) is 21.5 Å². The second-order valence-corrected chi connectivity index (χ2v) is 7.91. The van der Waals surface area contributed by atoms with Crippen LogP contribution in [0.4, 0.5) is 4.79 Å². The Hall–Kier alpha value is -3.46. The van der Waals surface area contributed by atoms with Gasteiger partial charge in [-0.2, -0.15) is 0 Å². The minimum atomic E-state index is -0.418. The number of nitrogens with zero attached hydrogens (tertiary/aromatic N) is 1. The fourth-order valence-corrected chi connectivity index (χ4v) is 4.06. The summed E-state index contributed by atoms with van der Waals surface area (Å²) >= 11 is 0.844. The number of methoxy groups -OCH3 is 3. The molecule has 1 heterocycles. The topological polar surface area (TPSA) is 94.2 Å². The highest BCUT2D eigenvalue weighted by molar-refractivity contribution is 8.18. The maximum atomic E-state index is 12.8. The Labute approximate surface area is 190 Å². The van der Waals surface area contributed by atoms with Crippen molar-refractivity contribution in [2.24, 2.45) is 0 Å². The third-order valence-corrected chi connectivity index (χ3v) is 5.67. The Morgan fingerprint density at radius 3 is 2.34 bits per heavy atom. The molecule has 9 heteroatoms. The van der Waals surface area contributed by atoms with Crippen molar-refractivity contribution in [3.8, 4) is 17.2 Å². The van der Waals surface area contributed by atoms with E-state index in [-0.39, 0.29) is 23.9 Å². The van der Waals surface area contributed by atoms with Gasteiger partial charge in [-0.1, -0.05) is 17.7 Å². The molecule has 1 saturated heterocycles. The third kappa shape index (κ3) is 5.05. The molecule has 0 radical (unpaired) electrons. The van der Waals surface area contributed by atoms with Crippen molar-refractivity contribution in [1.29, 1.82) is 0 Å². The number of nitrogens with one attached hydrogen (secondary N) is 1. The van der Waals surface area contributed by atoms with Gasteiger partial charge in [0, 0.05) is 18.7 Å². The zero-order valence-corrected chi connectivity index (χ0v) is 19.1. The molecule has 0 atom stereocenters. The molecule has 0 bridgehead atoms. The number of carbonyl (C=O) groups excluding carboxylic acids is 3. The molecule has 3 amide bonds. The first kappa shape index (κ1) is 23.2. The van der Waals surface area contributed by atoms with Crippen LogP contribution in [-0.4, -0.2) is 56.4 Å². The van der Waals surface area contributed by atoms with Gasteiger partial charge in [0.25, 0.3) is 17.1 Å². The van der Waals surface area contributed by atoms with Gasteiger partial charge in [0.15, 0.2) is 11.5 Å². The third-order valence-electron chi connectivity index (χ3n) is 4.76. The summed E-state index contributed by atoms with van der Waals surface area (Å²) in [6.45, 7) is 2.13. The van der Waals surface area contributed by atoms with Gasteiger partial charge >= 0.3 is 0 Å². The molecule has 168 valence electrons. The van der Waals surface area contributed by atoms with Crippen LogP contribution in [0.3, 0.4) is 0 Å². The normalized spacial score (nSPS) is 14.6. The highest BCUT2D eigenvalue weighted by Crippen LogP contribution is 2.40. The van der Waals surface area contributed by atoms with Gasteiger partial charge in [-0.05, 0) is 54.6 Å². The fourth-order valence-electron chi connectivity index (χ4n) is 3.20. The van der Waals surface area contributed by atoms with Crippen LogP contribution in [0, 0.1) is 6.92 Å². The molecule has 1 aliphatic rings. The maximum absolute atomic E-state index is 12.8. The lowest BCUT2D eigenvalue weighted by molar-refractivity contribution is -0.122. The van der Waals surface area contributed by atoms with Crippen LogP contribution in [0.5, 0.6) is 17.2 Å². The van der Waals surface area contributed by atoms with Crippen LogP contribution < -0.4 is 19.5 Å². The van der Waals surface area contributed by atoms with E-state index >= 15 is 0 Å². The maximum Gasteiger partial charge on any atom is 0.293 e. The predicted molar refractivity (Wildman–Crippen MR) is 122 cm³/mol. The van der Waals surface area contributed by atoms with Crippen molar-refractivity contribution in [3.63, 3.8) is 0 Å². The van der Waals surface area contributed by atoms with E-state index in [0.717, 1.165) is 22.2 Å². The van der Waals surface area contributed by atoms with Crippen molar-refractivity contribution in [3.05, 3.63) is 58.0 Å². The molecule has 2 aromatic carbocycles. The van der Waals surface area contributed by atoms with Crippen molar-refractivity contribution in [2.45, 2.75) is 6.92 Å². The number of imide groups is 1. The average Bonchev–Trinajstić information content (AvgIpc) is 3.05. The van der Waals surface area contributed by atoms with Gasteiger partial charge in [-0.15, -0.1) is 0 Å². The summed E-state index contributed by atoms with van der Waals surface area (Å²) in [6, 6.07) is 10.6. The van der Waals surface area contributed by atoms with Crippen molar-refractivity contribution in [2.75, 3.05) is 34.4 Å². The number of hydrogen-bond acceptors (Lipinski definition) is 7. The van der Waals surface area contributed by atoms with Crippen LogP contribution in [0.2, 0.25) is 0 Å². The summed E-state index contributed by atoms with van der Waals surface area (Å²) < 4.78 is 16.0. The highest BCUT2D eigenvalue weighted by Gasteiger charge is 2.34. The lowest BCUT2D eigenvalue weighted by Gasteiger charge is -2.13. The van der Waals surface area contributed by atoms with E-state index in [1.54, 1.807) is 36.4 Å². The number of benzene rings is 2. The molecule has 0 unspecified atom stereocenters. The van der Waals surface area contributed by atoms with Gasteiger partial charge in [-0.25, -0.2) is 0 Å². The zero-order chi connectivity index (χ0) is 23.3. The van der Waals surface area contributed by atoms with Gasteiger partial charge in [0.2, 0.25) is 5.75 Å². The van der Waals surface area contributed by atoms with Gasteiger partial charge in [0.05, 0.1) is 26.2 Å². The highest BCUT2D eigenvalue weighted by atomic mass is 32.2. The molecule has 1 N–H and O–H groups in total. The molecule has 0 aliphatic carbocycles. The second kappa shape index (κ2) is 10.2. The second-order valence-electron chi connectivity index (χ2n) is 6.92. The van der Waals surface area contributed by atoms with E-state index in [0.29, 0.717) is 28.4 Å². The first-order chi connectivity index (χ1) is 15.4. The Morgan fingerprint density at radius 2 is 1.75 bits per heavy atom. The Kier molecular flexibility index (Phi) is 7.42. The van der Waals surface area contributed by atoms with Crippen LogP contribution >= 0.6 is 11.8 Å². The summed E-state index contributed by atoms with van der Waals surface area (Å²) in [6.07, 6.45) is 1.60. The summed E-state index contributed by atoms with van der Waals surface area (Å²) in [5, 5.41) is 2.35. The molecule has 1 aliphatic heterocycles. The predicted octanol–water partition coefficient (Wildman–Crippen LogP) is 3.49. The number of amides is 3. The lowest BCUT2D eigenvalue weighted by Crippen LogP contribution is -2.37. The Morgan fingerprint density at radius 1 is 1.06 bits per heavy atom. The smallest absolute Gasteiger partial charge is 0.293 e. The number of rotatable bonds is 8. The largest absolute Gasteiger partial charge is 0.493 e. The van der Waals surface area contributed by atoms with E-state index in [1.807, 2.05) is 13.0 Å². The van der Waals surface area contributed by atoms with E-state index in [4.69, 9.17) is 14.2 Å². The average molecular weight is 457 g/mol. The monoisotopic (exact) mass is 456 g/mol. The molecule has 1 fully saturated rings. The van der Waals surface area contributed by atoms with Crippen molar-refractivity contribution in [1.82, 2.24) is 10.2 Å². The molecule has 0 spiro atoms. The lowest BCUT2D eigenvalue weighted by atomic mass is 10.1. The fraction of sp³-hybridized carbons (Fsp3) is 0.261. The van der Waals surface area contributed by atoms with E-state index in [2.05, 4.69) is 5.32 Å². The molecular formula is C23H24N2O6S. The number of aryl methyl sites for hydroxylation is 1. The standard InChI is InChI=1S/C23H24N2O6S/c1-14-6-5-7-16(10-14)21(26)24-8-9-25-22(27)19(32-23(25)28)13-15-11-17(29-2)20(31-4)18(12-15)30-3/h5-7,10-13H,8-9H2,1-4H3,(H,24,26). The molecule has 3 rings (SSSR count). The van der Waals surface area contributed by atoms with E-state index < -0.39 is 11.1 Å². The number of thioether (sulfide) groups is 1. The first-order valence-electron chi connectivity index (χ1n) is 9.78. The van der Waals surface area contributed by atoms with Gasteiger partial charge in [-0.3, -0.25) is 19.3 Å². The Balaban J connectivity index is 1.69. The number of ether oxygens (including phenoxy) is 3. The molecule has 0 aromatic heterocycles. The first-order valence-corrected chi connectivity index (χ1v) is 10.6. The number of carbonyl (C=O) groups is 3. The molecule has 32 heavy (non-hydrogen) atoms. The summed E-state index contributed by atoms with van der Waals surface area (Å²) in [4.78, 5) is 38.8. The van der Waals surface area contributed by atoms with E-state index in [9.17, 15) is 14.4 Å². The van der Waals surface area contributed by atoms with Crippen LogP contribution in [-0.2, 0) is 4.79 Å². The number of hydrogen-bond donors (Lipinski definition) is 1. The molecule has 2 aromatic rings. The molecular weight excluding hydrogens is 432 g/mol. The van der Waals surface area contributed by atoms with Gasteiger partial charge < -0.3 is 19.5 Å². The summed E-state index contributed by atoms with van der Waals surface area (Å²) in [7, 11) is 4.50. The zero-order valence-electron chi connectivity index (χ0n) is 18.3. The van der Waals surface area contributed by atoms with E-state index in [1.165, 1.54) is 21.3 Å². The molecule has 8 nitrogen and oxygen atoms in total. The van der Waals surface area contributed by atoms with Crippen LogP contribution in [0.25, 0.3) is 6.08 Å². The quantitative estimate of drug-likeness (QED) is 0.608. The Bertz CT molecular complexity index is 1060. The van der Waals surface area contributed by atoms with Gasteiger partial charge in [0.1, 0.15) is 0 Å². The minimum absolute atomic E-state index is 0.0782. The molecule has 0 saturated carbocycles.